The first-order chi connectivity index (χ1) is 15.0. The zero-order chi connectivity index (χ0) is 22.0. The van der Waals surface area contributed by atoms with E-state index in [1.54, 1.807) is 19.3 Å². The van der Waals surface area contributed by atoms with Gasteiger partial charge in [0.2, 0.25) is 0 Å². The highest BCUT2D eigenvalue weighted by Gasteiger charge is 2.30. The van der Waals surface area contributed by atoms with Gasteiger partial charge in [0.05, 0.1) is 30.7 Å². The molecule has 0 spiro atoms. The average Bonchev–Trinajstić information content (AvgIpc) is 2.97. The Balaban J connectivity index is 1.51. The molecular weight excluding hydrogens is 423 g/mol. The van der Waals surface area contributed by atoms with Gasteiger partial charge in [-0.25, -0.2) is 13.3 Å². The van der Waals surface area contributed by atoms with E-state index in [9.17, 15) is 13.4 Å². The van der Waals surface area contributed by atoms with E-state index in [1.165, 1.54) is 16.7 Å². The van der Waals surface area contributed by atoms with Crippen LogP contribution in [0.2, 0.25) is 0 Å². The van der Waals surface area contributed by atoms with Crippen molar-refractivity contribution in [3.05, 3.63) is 41.5 Å². The largest absolute Gasteiger partial charge is 0.488 e. The number of rotatable bonds is 3. The molecule has 0 saturated carbocycles. The van der Waals surface area contributed by atoms with E-state index in [2.05, 4.69) is 21.9 Å². The quantitative estimate of drug-likeness (QED) is 0.704. The van der Waals surface area contributed by atoms with Crippen molar-refractivity contribution in [2.45, 2.75) is 17.4 Å². The molecule has 0 radical (unpaired) electrons. The van der Waals surface area contributed by atoms with Crippen LogP contribution in [0, 0.1) is 34.9 Å². The number of ether oxygens (including phenoxy) is 2. The summed E-state index contributed by atoms with van der Waals surface area (Å²) in [6.45, 7) is 1.47. The number of hydrogen-bond acceptors (Lipinski definition) is 5. The summed E-state index contributed by atoms with van der Waals surface area (Å²) >= 11 is 0. The molecule has 1 amide bonds. The van der Waals surface area contributed by atoms with Crippen LogP contribution >= 0.6 is 0 Å². The first-order valence-electron chi connectivity index (χ1n) is 9.53. The maximum atomic E-state index is 13.5. The fourth-order valence-electron chi connectivity index (χ4n) is 3.17. The molecule has 1 aromatic carbocycles. The molecule has 0 bridgehead atoms. The van der Waals surface area contributed by atoms with E-state index in [0.717, 1.165) is 6.07 Å². The lowest BCUT2D eigenvalue weighted by Crippen LogP contribution is -2.33. The van der Waals surface area contributed by atoms with Crippen molar-refractivity contribution in [2.24, 2.45) is 13.0 Å². The average molecular weight is 442 g/mol. The lowest BCUT2D eigenvalue weighted by Gasteiger charge is -2.20. The van der Waals surface area contributed by atoms with Gasteiger partial charge in [-0.15, -0.1) is 5.92 Å². The molecule has 2 aromatic rings. The molecule has 1 aromatic heterocycles. The molecule has 1 fully saturated rings. The second-order valence-electron chi connectivity index (χ2n) is 7.20. The van der Waals surface area contributed by atoms with Crippen LogP contribution in [0.25, 0.3) is 0 Å². The van der Waals surface area contributed by atoms with Crippen molar-refractivity contribution in [3.8, 4) is 23.7 Å². The molecule has 1 saturated heterocycles. The third-order valence-electron chi connectivity index (χ3n) is 4.86. The number of nitrogens with one attached hydrogen (secondary N) is 2. The van der Waals surface area contributed by atoms with Gasteiger partial charge in [-0.2, -0.15) is 5.26 Å². The fraction of sp³-hybridized carbons (Fsp3) is 0.333. The number of halogens is 1. The summed E-state index contributed by atoms with van der Waals surface area (Å²) in [6, 6.07) is 5.18. The summed E-state index contributed by atoms with van der Waals surface area (Å²) in [6.07, 6.45) is 2.02. The predicted octanol–water partition coefficient (Wildman–Crippen LogP) is 1.70. The van der Waals surface area contributed by atoms with Gasteiger partial charge in [0.15, 0.2) is 11.4 Å². The number of fused-ring (bicyclic) bond motifs is 1. The summed E-state index contributed by atoms with van der Waals surface area (Å²) in [5.74, 6) is 5.45. The monoisotopic (exact) mass is 442 g/mol. The van der Waals surface area contributed by atoms with E-state index in [4.69, 9.17) is 14.7 Å². The van der Waals surface area contributed by atoms with Gasteiger partial charge in [-0.05, 0) is 18.2 Å². The third kappa shape index (κ3) is 4.47. The molecule has 2 aliphatic rings. The number of nitriles is 1. The Kier molecular flexibility index (Phi) is 6.05. The number of amides is 1. The molecule has 10 heteroatoms. The molecule has 31 heavy (non-hydrogen) atoms. The Morgan fingerprint density at radius 1 is 1.42 bits per heavy atom. The van der Waals surface area contributed by atoms with E-state index in [-0.39, 0.29) is 41.3 Å². The Labute approximate surface area is 180 Å². The number of anilines is 1. The molecule has 2 unspecified atom stereocenters. The van der Waals surface area contributed by atoms with Crippen molar-refractivity contribution in [3.63, 3.8) is 0 Å². The van der Waals surface area contributed by atoms with Crippen LogP contribution in [0.1, 0.15) is 22.5 Å². The van der Waals surface area contributed by atoms with Crippen LogP contribution < -0.4 is 14.8 Å². The third-order valence-corrected chi connectivity index (χ3v) is 6.09. The Morgan fingerprint density at radius 2 is 2.23 bits per heavy atom. The van der Waals surface area contributed by atoms with Gasteiger partial charge < -0.3 is 19.4 Å². The summed E-state index contributed by atoms with van der Waals surface area (Å²) in [4.78, 5) is 13.3. The van der Waals surface area contributed by atoms with Gasteiger partial charge in [0.25, 0.3) is 5.91 Å². The normalized spacial score (nSPS) is 20.2. The highest BCUT2D eigenvalue weighted by Crippen LogP contribution is 2.31. The zero-order valence-corrected chi connectivity index (χ0v) is 17.4. The minimum absolute atomic E-state index is 0.173. The molecule has 0 aliphatic carbocycles. The van der Waals surface area contributed by atoms with Crippen LogP contribution in [0.5, 0.6) is 5.75 Å². The summed E-state index contributed by atoms with van der Waals surface area (Å²) in [5, 5.41) is 11.6. The first-order valence-corrected chi connectivity index (χ1v) is 10.7. The van der Waals surface area contributed by atoms with Crippen molar-refractivity contribution in [1.29, 1.82) is 5.26 Å². The fourth-order valence-corrected chi connectivity index (χ4v) is 4.33. The molecule has 160 valence electrons. The molecule has 3 heterocycles. The van der Waals surface area contributed by atoms with Gasteiger partial charge in [-0.1, -0.05) is 5.92 Å². The predicted molar refractivity (Wildman–Crippen MR) is 110 cm³/mol. The second-order valence-corrected chi connectivity index (χ2v) is 8.41. The Hall–Kier alpha value is -3.18. The standard InChI is InChI=1S/C21H19FN4O4S/c1-26-9-18-20(19(26)21(27)24-15-5-6-17(22)14(7-15)8-23)30-12-16(25-31(18)28)4-2-3-13-10-29-11-13/h5-7,9,13,16,25H,4,10-12H2,1H3,(H,24,27). The summed E-state index contributed by atoms with van der Waals surface area (Å²) < 4.78 is 41.8. The van der Waals surface area contributed by atoms with Crippen LogP contribution in [-0.4, -0.2) is 40.5 Å². The molecular formula is C21H19FN4O4S. The van der Waals surface area contributed by atoms with Gasteiger partial charge in [0, 0.05) is 25.4 Å². The van der Waals surface area contributed by atoms with Crippen LogP contribution in [0.15, 0.2) is 29.3 Å². The molecule has 8 nitrogen and oxygen atoms in total. The number of nitrogens with zero attached hydrogens (tertiary/aromatic N) is 2. The van der Waals surface area contributed by atoms with Crippen LogP contribution in [0.3, 0.4) is 0 Å². The van der Waals surface area contributed by atoms with Gasteiger partial charge >= 0.3 is 0 Å². The maximum Gasteiger partial charge on any atom is 0.276 e. The topological polar surface area (TPSA) is 105 Å². The summed E-state index contributed by atoms with van der Waals surface area (Å²) in [7, 11) is 0.0519. The van der Waals surface area contributed by atoms with Gasteiger partial charge in [0.1, 0.15) is 34.4 Å². The molecule has 4 rings (SSSR count). The number of aryl methyl sites for hydroxylation is 1. The zero-order valence-electron chi connectivity index (χ0n) is 16.6. The van der Waals surface area contributed by atoms with E-state index < -0.39 is 22.7 Å². The smallest absolute Gasteiger partial charge is 0.276 e. The highest BCUT2D eigenvalue weighted by molar-refractivity contribution is 7.83. The van der Waals surface area contributed by atoms with E-state index >= 15 is 0 Å². The number of aromatic nitrogens is 1. The van der Waals surface area contributed by atoms with Crippen LogP contribution in [0.4, 0.5) is 10.1 Å². The van der Waals surface area contributed by atoms with Crippen molar-refractivity contribution >= 4 is 22.6 Å². The lowest BCUT2D eigenvalue weighted by molar-refractivity contribution is -0.00306. The molecule has 2 N–H and O–H groups in total. The van der Waals surface area contributed by atoms with Crippen molar-refractivity contribution in [1.82, 2.24) is 9.29 Å². The first kappa shape index (κ1) is 21.1. The lowest BCUT2D eigenvalue weighted by atomic mass is 10.1. The minimum atomic E-state index is -1.59. The van der Waals surface area contributed by atoms with Crippen LogP contribution in [-0.2, 0) is 22.8 Å². The SMILES string of the molecule is Cn1cc2c(c1C(=O)Nc1ccc(F)c(C#N)c1)OCC(CC#CC1COC1)NS2=O. The van der Waals surface area contributed by atoms with Crippen molar-refractivity contribution in [2.75, 3.05) is 25.1 Å². The maximum absolute atomic E-state index is 13.5. The van der Waals surface area contributed by atoms with Crippen molar-refractivity contribution < 1.29 is 22.9 Å². The minimum Gasteiger partial charge on any atom is -0.488 e. The number of hydrogen-bond donors (Lipinski definition) is 2. The Bertz CT molecular complexity index is 1160. The van der Waals surface area contributed by atoms with E-state index in [1.807, 2.05) is 0 Å². The molecule has 2 aliphatic heterocycles. The van der Waals surface area contributed by atoms with Gasteiger partial charge in [-0.3, -0.25) is 4.79 Å². The van der Waals surface area contributed by atoms with E-state index in [0.29, 0.717) is 24.5 Å². The molecule has 2 atom stereocenters. The Morgan fingerprint density at radius 3 is 2.94 bits per heavy atom. The number of carbonyl (C=O) groups excluding carboxylic acids is 1. The number of carbonyl (C=O) groups is 1. The summed E-state index contributed by atoms with van der Waals surface area (Å²) in [5.41, 5.74) is 0.257. The second kappa shape index (κ2) is 8.90. The number of benzene rings is 1. The highest BCUT2D eigenvalue weighted by atomic mass is 32.2.